The van der Waals surface area contributed by atoms with Gasteiger partial charge in [0.15, 0.2) is 23.0 Å². The molecule has 1 aliphatic heterocycles. The van der Waals surface area contributed by atoms with Gasteiger partial charge in [-0.3, -0.25) is 0 Å². The van der Waals surface area contributed by atoms with Crippen molar-refractivity contribution in [2.45, 2.75) is 22.6 Å². The summed E-state index contributed by atoms with van der Waals surface area (Å²) in [4.78, 5) is 26.0. The van der Waals surface area contributed by atoms with Crippen molar-refractivity contribution in [2.24, 2.45) is 0 Å². The minimum absolute atomic E-state index is 0.340. The van der Waals surface area contributed by atoms with Gasteiger partial charge in [-0.15, -0.1) is 0 Å². The van der Waals surface area contributed by atoms with Crippen LogP contribution in [0.25, 0.3) is 0 Å². The van der Waals surface area contributed by atoms with E-state index in [1.165, 1.54) is 0 Å². The van der Waals surface area contributed by atoms with Crippen molar-refractivity contribution < 1.29 is 24.2 Å². The van der Waals surface area contributed by atoms with Gasteiger partial charge in [0.25, 0.3) is 0 Å². The quantitative estimate of drug-likeness (QED) is 0.642. The molecule has 1 aliphatic carbocycles. The van der Waals surface area contributed by atoms with Crippen LogP contribution in [0.5, 0.6) is 5.75 Å². The van der Waals surface area contributed by atoms with Gasteiger partial charge in [0, 0.05) is 6.07 Å². The Morgan fingerprint density at radius 1 is 1.07 bits per heavy atom. The van der Waals surface area contributed by atoms with E-state index < -0.39 is 29.4 Å². The van der Waals surface area contributed by atoms with Crippen molar-refractivity contribution in [3.8, 4) is 5.75 Å². The number of carboxylic acid groups (broad SMARTS) is 1. The van der Waals surface area contributed by atoms with Gasteiger partial charge in [-0.2, -0.15) is 0 Å². The fourth-order valence-electron chi connectivity index (χ4n) is 3.06. The van der Waals surface area contributed by atoms with Crippen LogP contribution in [-0.2, 0) is 20.4 Å². The predicted molar refractivity (Wildman–Crippen MR) is 101 cm³/mol. The number of allylic oxidation sites excluding steroid dienone is 2. The monoisotopic (exact) mass is 381 g/mol. The lowest BCUT2D eigenvalue weighted by molar-refractivity contribution is -0.140. The number of esters is 1. The number of carboxylic acids is 1. The standard InChI is InChI=1S/C21H16O5S/c22-20(23)13-25-21(24)14-6-5-7-15(12-14)27-18-10-3-1-8-16(18)26-17-9-2-4-11-19(17)27/h1,3,5-12H,2,4,13H2/p+1. The summed E-state index contributed by atoms with van der Waals surface area (Å²) >= 11 is 0. The summed E-state index contributed by atoms with van der Waals surface area (Å²) in [7, 11) is -0.395. The molecule has 1 N–H and O–H groups in total. The molecule has 0 bridgehead atoms. The SMILES string of the molecule is O=C(O)COC(=O)c1cccc([S+]2C3=CCCC=C3Oc3ccccc32)c1. The molecule has 27 heavy (non-hydrogen) atoms. The van der Waals surface area contributed by atoms with E-state index >= 15 is 0 Å². The van der Waals surface area contributed by atoms with Crippen LogP contribution in [0.15, 0.2) is 81.1 Å². The smallest absolute Gasteiger partial charge is 0.341 e. The maximum Gasteiger partial charge on any atom is 0.341 e. The molecule has 0 fully saturated rings. The van der Waals surface area contributed by atoms with Gasteiger partial charge in [-0.05, 0) is 49.3 Å². The van der Waals surface area contributed by atoms with E-state index in [0.717, 1.165) is 39.0 Å². The predicted octanol–water partition coefficient (Wildman–Crippen LogP) is 3.92. The molecule has 2 aromatic rings. The summed E-state index contributed by atoms with van der Waals surface area (Å²) in [5, 5.41) is 8.70. The van der Waals surface area contributed by atoms with Crippen molar-refractivity contribution in [1.82, 2.24) is 0 Å². The van der Waals surface area contributed by atoms with Gasteiger partial charge in [0.05, 0.1) is 5.56 Å². The molecule has 5 nitrogen and oxygen atoms in total. The highest BCUT2D eigenvalue weighted by atomic mass is 32.2. The average Bonchev–Trinajstić information content (AvgIpc) is 2.70. The highest BCUT2D eigenvalue weighted by Gasteiger charge is 2.42. The number of para-hydroxylation sites is 1. The molecule has 1 heterocycles. The van der Waals surface area contributed by atoms with E-state index in [2.05, 4.69) is 12.2 Å². The molecule has 0 radical (unpaired) electrons. The first-order valence-corrected chi connectivity index (χ1v) is 9.77. The zero-order chi connectivity index (χ0) is 18.8. The van der Waals surface area contributed by atoms with Crippen LogP contribution >= 0.6 is 0 Å². The van der Waals surface area contributed by atoms with Crippen LogP contribution in [-0.4, -0.2) is 23.7 Å². The number of fused-ring (bicyclic) bond motifs is 2. The second-order valence-electron chi connectivity index (χ2n) is 6.07. The Balaban J connectivity index is 1.74. The first-order chi connectivity index (χ1) is 13.1. The first-order valence-electron chi connectivity index (χ1n) is 8.54. The Morgan fingerprint density at radius 2 is 1.89 bits per heavy atom. The van der Waals surface area contributed by atoms with E-state index in [0.29, 0.717) is 5.56 Å². The summed E-state index contributed by atoms with van der Waals surface area (Å²) in [6.45, 7) is -0.649. The zero-order valence-corrected chi connectivity index (χ0v) is 15.2. The highest BCUT2D eigenvalue weighted by Crippen LogP contribution is 2.45. The molecule has 1 unspecified atom stereocenters. The van der Waals surface area contributed by atoms with Crippen LogP contribution in [0.2, 0.25) is 0 Å². The number of rotatable bonds is 4. The summed E-state index contributed by atoms with van der Waals surface area (Å²) in [6, 6.07) is 15.1. The highest BCUT2D eigenvalue weighted by molar-refractivity contribution is 8.01. The minimum Gasteiger partial charge on any atom is -0.479 e. The van der Waals surface area contributed by atoms with Crippen molar-refractivity contribution in [3.63, 3.8) is 0 Å². The third-order valence-corrected chi connectivity index (χ3v) is 6.52. The Bertz CT molecular complexity index is 976. The van der Waals surface area contributed by atoms with Gasteiger partial charge in [-0.25, -0.2) is 9.59 Å². The molecular formula is C21H17O5S+. The molecule has 6 heteroatoms. The van der Waals surface area contributed by atoms with Crippen LogP contribution < -0.4 is 4.74 Å². The number of aliphatic carboxylic acids is 1. The van der Waals surface area contributed by atoms with Gasteiger partial charge in [-0.1, -0.05) is 18.2 Å². The lowest BCUT2D eigenvalue weighted by atomic mass is 10.2. The van der Waals surface area contributed by atoms with E-state index in [1.54, 1.807) is 18.2 Å². The number of ether oxygens (including phenoxy) is 2. The van der Waals surface area contributed by atoms with E-state index in [4.69, 9.17) is 14.6 Å². The van der Waals surface area contributed by atoms with Crippen LogP contribution in [0.4, 0.5) is 0 Å². The number of carbonyl (C=O) groups is 2. The van der Waals surface area contributed by atoms with Crippen LogP contribution in [0.3, 0.4) is 0 Å². The Morgan fingerprint density at radius 3 is 2.74 bits per heavy atom. The van der Waals surface area contributed by atoms with Gasteiger partial charge < -0.3 is 14.6 Å². The summed E-state index contributed by atoms with van der Waals surface area (Å²) in [5.74, 6) is -0.119. The molecule has 0 saturated carbocycles. The molecule has 0 amide bonds. The third kappa shape index (κ3) is 3.48. The van der Waals surface area contributed by atoms with Gasteiger partial charge in [0.2, 0.25) is 9.80 Å². The second kappa shape index (κ2) is 7.32. The number of hydrogen-bond donors (Lipinski definition) is 1. The molecule has 1 atom stereocenters. The Labute approximate surface area is 159 Å². The van der Waals surface area contributed by atoms with E-state index in [-0.39, 0.29) is 0 Å². The molecule has 0 saturated heterocycles. The Hall–Kier alpha value is -2.99. The molecular weight excluding hydrogens is 364 g/mol. The number of carbonyl (C=O) groups excluding carboxylic acids is 1. The normalized spacial score (nSPS) is 17.6. The maximum atomic E-state index is 12.2. The second-order valence-corrected chi connectivity index (χ2v) is 8.03. The van der Waals surface area contributed by atoms with Gasteiger partial charge in [0.1, 0.15) is 10.9 Å². The lowest BCUT2D eigenvalue weighted by Gasteiger charge is -2.23. The van der Waals surface area contributed by atoms with Crippen molar-refractivity contribution in [1.29, 1.82) is 0 Å². The minimum atomic E-state index is -1.18. The Kier molecular flexibility index (Phi) is 4.73. The third-order valence-electron chi connectivity index (χ3n) is 4.21. The first kappa shape index (κ1) is 17.4. The molecule has 136 valence electrons. The number of benzene rings is 2. The van der Waals surface area contributed by atoms with Crippen LogP contribution in [0.1, 0.15) is 23.2 Å². The molecule has 2 aliphatic rings. The zero-order valence-electron chi connectivity index (χ0n) is 14.4. The summed E-state index contributed by atoms with van der Waals surface area (Å²) < 4.78 is 10.9. The van der Waals surface area contributed by atoms with Crippen LogP contribution in [0, 0.1) is 0 Å². The average molecular weight is 381 g/mol. The molecule has 0 aromatic heterocycles. The number of hydrogen-bond acceptors (Lipinski definition) is 4. The van der Waals surface area contributed by atoms with E-state index in [9.17, 15) is 9.59 Å². The topological polar surface area (TPSA) is 72.8 Å². The van der Waals surface area contributed by atoms with Crippen molar-refractivity contribution in [3.05, 3.63) is 76.9 Å². The fraction of sp³-hybridized carbons (Fsp3) is 0.143. The lowest BCUT2D eigenvalue weighted by Crippen LogP contribution is -2.20. The fourth-order valence-corrected chi connectivity index (χ4v) is 5.40. The summed E-state index contributed by atoms with van der Waals surface area (Å²) in [5.41, 5.74) is 0.340. The van der Waals surface area contributed by atoms with Gasteiger partial charge >= 0.3 is 11.9 Å². The van der Waals surface area contributed by atoms with E-state index in [1.807, 2.05) is 30.3 Å². The largest absolute Gasteiger partial charge is 0.479 e. The van der Waals surface area contributed by atoms with Crippen molar-refractivity contribution >= 4 is 22.8 Å². The maximum absolute atomic E-state index is 12.2. The molecule has 0 spiro atoms. The van der Waals surface area contributed by atoms with Crippen molar-refractivity contribution in [2.75, 3.05) is 6.61 Å². The molecule has 2 aromatic carbocycles. The molecule has 4 rings (SSSR count). The summed E-state index contributed by atoms with van der Waals surface area (Å²) in [6.07, 6.45) is 6.20.